The maximum Gasteiger partial charge on any atom is 0.123 e. The minimum absolute atomic E-state index is 0.153. The largest absolute Gasteiger partial charge is 0.314 e. The van der Waals surface area contributed by atoms with E-state index in [1.807, 2.05) is 12.1 Å². The Balaban J connectivity index is 1.76. The molecule has 2 nitrogen and oxygen atoms in total. The Morgan fingerprint density at radius 1 is 1.20 bits per heavy atom. The van der Waals surface area contributed by atoms with Crippen LogP contribution in [0.5, 0.6) is 0 Å². The predicted octanol–water partition coefficient (Wildman–Crippen LogP) is 1.38. The second kappa shape index (κ2) is 3.29. The van der Waals surface area contributed by atoms with Crippen molar-refractivity contribution in [1.82, 2.24) is 10.6 Å². The van der Waals surface area contributed by atoms with E-state index in [0.717, 1.165) is 13.1 Å². The van der Waals surface area contributed by atoms with Crippen LogP contribution >= 0.6 is 0 Å². The van der Waals surface area contributed by atoms with Crippen molar-refractivity contribution in [3.8, 4) is 0 Å². The molecule has 1 saturated heterocycles. The number of rotatable bonds is 3. The molecule has 2 N–H and O–H groups in total. The van der Waals surface area contributed by atoms with E-state index in [0.29, 0.717) is 6.04 Å². The molecule has 2 fully saturated rings. The van der Waals surface area contributed by atoms with E-state index in [4.69, 9.17) is 0 Å². The first kappa shape index (κ1) is 9.31. The zero-order valence-electron chi connectivity index (χ0n) is 8.59. The zero-order chi connectivity index (χ0) is 10.3. The Morgan fingerprint density at radius 3 is 2.33 bits per heavy atom. The number of benzene rings is 1. The number of hydrogen-bond donors (Lipinski definition) is 2. The fraction of sp³-hybridized carbons (Fsp3) is 0.500. The molecule has 0 spiro atoms. The summed E-state index contributed by atoms with van der Waals surface area (Å²) in [4.78, 5) is 0. The minimum Gasteiger partial charge on any atom is -0.314 e. The van der Waals surface area contributed by atoms with Crippen LogP contribution in [-0.2, 0) is 5.54 Å². The highest BCUT2D eigenvalue weighted by molar-refractivity contribution is 5.30. The van der Waals surface area contributed by atoms with Gasteiger partial charge in [0.05, 0.1) is 0 Å². The molecule has 0 aromatic heterocycles. The molecular weight excluding hydrogens is 191 g/mol. The third kappa shape index (κ3) is 1.66. The first-order chi connectivity index (χ1) is 7.28. The highest BCUT2D eigenvalue weighted by Crippen LogP contribution is 2.45. The summed E-state index contributed by atoms with van der Waals surface area (Å²) in [6.07, 6.45) is 2.35. The van der Waals surface area contributed by atoms with E-state index >= 15 is 0 Å². The fourth-order valence-electron chi connectivity index (χ4n) is 2.19. The molecule has 1 aliphatic carbocycles. The lowest BCUT2D eigenvalue weighted by Gasteiger charge is -2.33. The molecule has 3 rings (SSSR count). The summed E-state index contributed by atoms with van der Waals surface area (Å²) in [5, 5.41) is 6.90. The molecule has 1 heterocycles. The van der Waals surface area contributed by atoms with E-state index in [1.165, 1.54) is 18.4 Å². The molecule has 2 aliphatic rings. The van der Waals surface area contributed by atoms with Crippen LogP contribution in [0.15, 0.2) is 24.3 Å². The molecule has 0 amide bonds. The average molecular weight is 206 g/mol. The standard InChI is InChI=1S/C12H15FN2/c13-10-3-1-9(2-4-10)12(5-6-12)15-11-7-14-8-11/h1-4,11,14-15H,5-8H2. The summed E-state index contributed by atoms with van der Waals surface area (Å²) in [6.45, 7) is 2.12. The maximum atomic E-state index is 12.8. The van der Waals surface area contributed by atoms with Crippen LogP contribution in [0.4, 0.5) is 4.39 Å². The van der Waals surface area contributed by atoms with Gasteiger partial charge in [-0.05, 0) is 30.5 Å². The quantitative estimate of drug-likeness (QED) is 0.780. The summed E-state index contributed by atoms with van der Waals surface area (Å²) in [5.74, 6) is -0.153. The molecule has 3 heteroatoms. The van der Waals surface area contributed by atoms with Gasteiger partial charge in [0.2, 0.25) is 0 Å². The number of nitrogens with one attached hydrogen (secondary N) is 2. The third-order valence-electron chi connectivity index (χ3n) is 3.41. The van der Waals surface area contributed by atoms with Crippen LogP contribution in [-0.4, -0.2) is 19.1 Å². The van der Waals surface area contributed by atoms with Crippen LogP contribution in [0.2, 0.25) is 0 Å². The molecule has 1 saturated carbocycles. The monoisotopic (exact) mass is 206 g/mol. The van der Waals surface area contributed by atoms with Gasteiger partial charge in [-0.2, -0.15) is 0 Å². The third-order valence-corrected chi connectivity index (χ3v) is 3.41. The second-order valence-corrected chi connectivity index (χ2v) is 4.59. The van der Waals surface area contributed by atoms with E-state index in [2.05, 4.69) is 10.6 Å². The normalized spacial score (nSPS) is 23.5. The molecule has 1 aromatic rings. The van der Waals surface area contributed by atoms with Crippen molar-refractivity contribution in [2.24, 2.45) is 0 Å². The molecule has 80 valence electrons. The van der Waals surface area contributed by atoms with Gasteiger partial charge in [0, 0.05) is 24.7 Å². The van der Waals surface area contributed by atoms with Crippen LogP contribution in [0.25, 0.3) is 0 Å². The van der Waals surface area contributed by atoms with Gasteiger partial charge in [0.15, 0.2) is 0 Å². The summed E-state index contributed by atoms with van der Waals surface area (Å²) in [5.41, 5.74) is 1.39. The van der Waals surface area contributed by atoms with Crippen LogP contribution in [0, 0.1) is 5.82 Å². The Kier molecular flexibility index (Phi) is 2.04. The van der Waals surface area contributed by atoms with Crippen molar-refractivity contribution in [3.63, 3.8) is 0 Å². The first-order valence-corrected chi connectivity index (χ1v) is 5.53. The van der Waals surface area contributed by atoms with Gasteiger partial charge in [0.25, 0.3) is 0 Å². The minimum atomic E-state index is -0.153. The van der Waals surface area contributed by atoms with Crippen molar-refractivity contribution in [3.05, 3.63) is 35.6 Å². The number of hydrogen-bond acceptors (Lipinski definition) is 2. The SMILES string of the molecule is Fc1ccc(C2(NC3CNC3)CC2)cc1. The second-order valence-electron chi connectivity index (χ2n) is 4.59. The lowest BCUT2D eigenvalue weighted by atomic mass is 10.0. The Morgan fingerprint density at radius 2 is 1.87 bits per heavy atom. The lowest BCUT2D eigenvalue weighted by Crippen LogP contribution is -2.58. The summed E-state index contributed by atoms with van der Waals surface area (Å²) >= 11 is 0. The molecule has 0 atom stereocenters. The van der Waals surface area contributed by atoms with Crippen molar-refractivity contribution in [1.29, 1.82) is 0 Å². The topological polar surface area (TPSA) is 24.1 Å². The predicted molar refractivity (Wildman–Crippen MR) is 57.1 cm³/mol. The van der Waals surface area contributed by atoms with Crippen molar-refractivity contribution < 1.29 is 4.39 Å². The van der Waals surface area contributed by atoms with Gasteiger partial charge in [0.1, 0.15) is 5.82 Å². The molecule has 0 unspecified atom stereocenters. The highest BCUT2D eigenvalue weighted by Gasteiger charge is 2.46. The van der Waals surface area contributed by atoms with E-state index in [9.17, 15) is 4.39 Å². The van der Waals surface area contributed by atoms with Gasteiger partial charge in [-0.1, -0.05) is 12.1 Å². The Labute approximate surface area is 88.9 Å². The van der Waals surface area contributed by atoms with Crippen LogP contribution in [0.1, 0.15) is 18.4 Å². The summed E-state index contributed by atoms with van der Waals surface area (Å²) < 4.78 is 12.8. The van der Waals surface area contributed by atoms with Crippen molar-refractivity contribution >= 4 is 0 Å². The molecule has 1 aromatic carbocycles. The van der Waals surface area contributed by atoms with Crippen molar-refractivity contribution in [2.75, 3.05) is 13.1 Å². The number of halogens is 1. The van der Waals surface area contributed by atoms with Crippen LogP contribution < -0.4 is 10.6 Å². The van der Waals surface area contributed by atoms with E-state index in [-0.39, 0.29) is 11.4 Å². The van der Waals surface area contributed by atoms with Gasteiger partial charge >= 0.3 is 0 Å². The van der Waals surface area contributed by atoms with Crippen molar-refractivity contribution in [2.45, 2.75) is 24.4 Å². The molecule has 1 aliphatic heterocycles. The smallest absolute Gasteiger partial charge is 0.123 e. The zero-order valence-corrected chi connectivity index (χ0v) is 8.59. The first-order valence-electron chi connectivity index (χ1n) is 5.53. The average Bonchev–Trinajstić information content (AvgIpc) is 2.94. The van der Waals surface area contributed by atoms with E-state index in [1.54, 1.807) is 12.1 Å². The fourth-order valence-corrected chi connectivity index (χ4v) is 2.19. The summed E-state index contributed by atoms with van der Waals surface area (Å²) in [7, 11) is 0. The molecule has 15 heavy (non-hydrogen) atoms. The highest BCUT2D eigenvalue weighted by atomic mass is 19.1. The van der Waals surface area contributed by atoms with Gasteiger partial charge in [-0.25, -0.2) is 4.39 Å². The van der Waals surface area contributed by atoms with E-state index < -0.39 is 0 Å². The Hall–Kier alpha value is -0.930. The molecule has 0 bridgehead atoms. The van der Waals surface area contributed by atoms with Gasteiger partial charge in [-0.3, -0.25) is 0 Å². The molecular formula is C12H15FN2. The van der Waals surface area contributed by atoms with Gasteiger partial charge in [-0.15, -0.1) is 0 Å². The lowest BCUT2D eigenvalue weighted by molar-refractivity contribution is 0.319. The maximum absolute atomic E-state index is 12.8. The van der Waals surface area contributed by atoms with Gasteiger partial charge < -0.3 is 10.6 Å². The Bertz CT molecular complexity index is 352. The summed E-state index contributed by atoms with van der Waals surface area (Å²) in [6, 6.07) is 7.51. The van der Waals surface area contributed by atoms with Crippen LogP contribution in [0.3, 0.4) is 0 Å². The molecule has 0 radical (unpaired) electrons.